The van der Waals surface area contributed by atoms with Crippen LogP contribution in [0.2, 0.25) is 0 Å². The second-order valence-corrected chi connectivity index (χ2v) is 9.72. The molecule has 0 unspecified atom stereocenters. The number of hydrogen-bond donors (Lipinski definition) is 1. The molecular formula is C25H21N5O5S. The van der Waals surface area contributed by atoms with Crippen LogP contribution >= 0.6 is 0 Å². The van der Waals surface area contributed by atoms with E-state index in [1.807, 2.05) is 6.92 Å². The van der Waals surface area contributed by atoms with E-state index in [0.29, 0.717) is 38.8 Å². The number of nitrogens with zero attached hydrogens (tertiary/aromatic N) is 5. The number of fused-ring (bicyclic) bond motifs is 3. The van der Waals surface area contributed by atoms with Gasteiger partial charge < -0.3 is 14.7 Å². The van der Waals surface area contributed by atoms with Crippen LogP contribution in [0.15, 0.2) is 77.3 Å². The van der Waals surface area contributed by atoms with Gasteiger partial charge >= 0.3 is 0 Å². The van der Waals surface area contributed by atoms with Crippen molar-refractivity contribution < 1.29 is 23.1 Å². The number of benzene rings is 2. The highest BCUT2D eigenvalue weighted by Gasteiger charge is 2.28. The van der Waals surface area contributed by atoms with Crippen LogP contribution in [-0.4, -0.2) is 45.9 Å². The van der Waals surface area contributed by atoms with E-state index < -0.39 is 10.0 Å². The summed E-state index contributed by atoms with van der Waals surface area (Å²) in [5, 5.41) is 13.4. The first kappa shape index (κ1) is 23.4. The minimum Gasteiger partial charge on any atom is -0.437 e. The summed E-state index contributed by atoms with van der Waals surface area (Å²) < 4.78 is 40.6. The van der Waals surface area contributed by atoms with E-state index in [1.54, 1.807) is 42.5 Å². The summed E-state index contributed by atoms with van der Waals surface area (Å²) in [6, 6.07) is 11.7. The molecule has 0 saturated carbocycles. The molecule has 0 fully saturated rings. The van der Waals surface area contributed by atoms with Gasteiger partial charge in [-0.25, -0.2) is 17.4 Å². The Hall–Kier alpha value is -4.35. The number of pyridine rings is 1. The highest BCUT2D eigenvalue weighted by molar-refractivity contribution is 7.90. The summed E-state index contributed by atoms with van der Waals surface area (Å²) in [5.41, 5.74) is 2.50. The highest BCUT2D eigenvalue weighted by Crippen LogP contribution is 2.41. The van der Waals surface area contributed by atoms with Crippen molar-refractivity contribution in [3.8, 4) is 11.6 Å². The third-order valence-electron chi connectivity index (χ3n) is 5.67. The summed E-state index contributed by atoms with van der Waals surface area (Å²) in [5.74, 6) is 0.609. The number of oxime groups is 1. The third kappa shape index (κ3) is 3.93. The summed E-state index contributed by atoms with van der Waals surface area (Å²) in [4.78, 5) is 12.7. The predicted molar refractivity (Wildman–Crippen MR) is 133 cm³/mol. The number of aryl methyl sites for hydroxylation is 1. The second-order valence-electron chi connectivity index (χ2n) is 7.94. The second kappa shape index (κ2) is 9.36. The topological polar surface area (TPSA) is 129 Å². The van der Waals surface area contributed by atoms with Crippen molar-refractivity contribution in [3.63, 3.8) is 0 Å². The lowest BCUT2D eigenvalue weighted by molar-refractivity contribution is 0.185. The zero-order valence-electron chi connectivity index (χ0n) is 19.4. The van der Waals surface area contributed by atoms with Crippen molar-refractivity contribution in [1.82, 2.24) is 18.9 Å². The van der Waals surface area contributed by atoms with Crippen molar-refractivity contribution in [1.29, 1.82) is 0 Å². The fourth-order valence-electron chi connectivity index (χ4n) is 4.13. The van der Waals surface area contributed by atoms with E-state index in [2.05, 4.69) is 20.1 Å². The molecule has 5 rings (SSSR count). The first-order valence-corrected chi connectivity index (χ1v) is 12.3. The van der Waals surface area contributed by atoms with Crippen LogP contribution in [0.1, 0.15) is 16.8 Å². The Morgan fingerprint density at radius 1 is 1.03 bits per heavy atom. The van der Waals surface area contributed by atoms with Gasteiger partial charge in [0.2, 0.25) is 5.88 Å². The monoisotopic (exact) mass is 503 g/mol. The van der Waals surface area contributed by atoms with E-state index in [1.165, 1.54) is 42.1 Å². The molecule has 182 valence electrons. The largest absolute Gasteiger partial charge is 0.437 e. The van der Waals surface area contributed by atoms with Crippen LogP contribution in [0.25, 0.3) is 21.8 Å². The molecule has 0 aliphatic rings. The molecule has 36 heavy (non-hydrogen) atoms. The third-order valence-corrected chi connectivity index (χ3v) is 7.41. The molecule has 10 nitrogen and oxygen atoms in total. The van der Waals surface area contributed by atoms with E-state index in [4.69, 9.17) is 9.47 Å². The molecule has 0 aliphatic carbocycles. The molecule has 0 aliphatic heterocycles. The molecule has 0 radical (unpaired) electrons. The van der Waals surface area contributed by atoms with Crippen LogP contribution in [0.3, 0.4) is 0 Å². The van der Waals surface area contributed by atoms with Gasteiger partial charge in [-0.05, 0) is 31.2 Å². The van der Waals surface area contributed by atoms with Gasteiger partial charge in [-0.15, -0.1) is 0 Å². The van der Waals surface area contributed by atoms with E-state index in [-0.39, 0.29) is 17.4 Å². The molecule has 5 aromatic rings. The Morgan fingerprint density at radius 3 is 2.53 bits per heavy atom. The fourth-order valence-corrected chi connectivity index (χ4v) is 5.62. The number of ether oxygens (including phenoxy) is 2. The lowest BCUT2D eigenvalue weighted by Gasteiger charge is -2.10. The van der Waals surface area contributed by atoms with Crippen molar-refractivity contribution in [2.45, 2.75) is 18.4 Å². The molecule has 2 aromatic carbocycles. The maximum absolute atomic E-state index is 14.0. The Bertz CT molecular complexity index is 1700. The molecular weight excluding hydrogens is 482 g/mol. The van der Waals surface area contributed by atoms with Gasteiger partial charge in [0.05, 0.1) is 52.2 Å². The van der Waals surface area contributed by atoms with Crippen LogP contribution < -0.4 is 4.74 Å². The fraction of sp³-hybridized carbons (Fsp3) is 0.120. The molecule has 0 atom stereocenters. The average Bonchev–Trinajstić information content (AvgIpc) is 3.23. The zero-order valence-corrected chi connectivity index (χ0v) is 20.2. The Kier molecular flexibility index (Phi) is 6.08. The van der Waals surface area contributed by atoms with Crippen LogP contribution in [-0.2, 0) is 21.4 Å². The lowest BCUT2D eigenvalue weighted by atomic mass is 10.1. The number of rotatable bonds is 7. The summed E-state index contributed by atoms with van der Waals surface area (Å²) in [6.07, 6.45) is 7.09. The van der Waals surface area contributed by atoms with Gasteiger partial charge in [-0.3, -0.25) is 9.97 Å². The summed E-state index contributed by atoms with van der Waals surface area (Å²) in [7, 11) is -2.53. The van der Waals surface area contributed by atoms with Crippen molar-refractivity contribution in [2.24, 2.45) is 5.16 Å². The van der Waals surface area contributed by atoms with Crippen LogP contribution in [0.4, 0.5) is 0 Å². The zero-order chi connectivity index (χ0) is 25.3. The predicted octanol–water partition coefficient (Wildman–Crippen LogP) is 4.27. The first-order valence-electron chi connectivity index (χ1n) is 10.8. The lowest BCUT2D eigenvalue weighted by Crippen LogP contribution is -2.13. The molecule has 3 aromatic heterocycles. The Morgan fingerprint density at radius 2 is 1.83 bits per heavy atom. The van der Waals surface area contributed by atoms with Gasteiger partial charge in [-0.1, -0.05) is 28.9 Å². The standard InChI is InChI=1S/C25H21N5O5S/c1-16-6-8-17(9-7-16)36(32,33)30-20-4-3-5-22(35-23-14-26-10-11-27-23)25(20)24-18(15-34-2)19(12-29-31)28-13-21(24)30/h3-14,31H,15H2,1-2H3. The van der Waals surface area contributed by atoms with Gasteiger partial charge in [0.1, 0.15) is 5.75 Å². The number of hydrogen-bond acceptors (Lipinski definition) is 9. The van der Waals surface area contributed by atoms with E-state index in [0.717, 1.165) is 5.56 Å². The molecule has 0 bridgehead atoms. The maximum Gasteiger partial charge on any atom is 0.268 e. The minimum absolute atomic E-state index is 0.0782. The van der Waals surface area contributed by atoms with Gasteiger partial charge in [0.15, 0.2) is 0 Å². The summed E-state index contributed by atoms with van der Waals surface area (Å²) in [6.45, 7) is 1.97. The number of methoxy groups -OCH3 is 1. The quantitative estimate of drug-likeness (QED) is 0.198. The summed E-state index contributed by atoms with van der Waals surface area (Å²) >= 11 is 0. The molecule has 3 heterocycles. The molecule has 0 spiro atoms. The molecule has 1 N–H and O–H groups in total. The SMILES string of the molecule is COCc1c(C=NO)ncc2c1c1c(Oc3cnccn3)cccc1n2S(=O)(=O)c1ccc(C)cc1. The molecule has 11 heteroatoms. The van der Waals surface area contributed by atoms with Gasteiger partial charge in [0.25, 0.3) is 10.0 Å². The van der Waals surface area contributed by atoms with E-state index in [9.17, 15) is 13.6 Å². The van der Waals surface area contributed by atoms with Gasteiger partial charge in [-0.2, -0.15) is 0 Å². The smallest absolute Gasteiger partial charge is 0.268 e. The molecule has 0 amide bonds. The van der Waals surface area contributed by atoms with E-state index >= 15 is 0 Å². The minimum atomic E-state index is -4.04. The van der Waals surface area contributed by atoms with Gasteiger partial charge in [0, 0.05) is 30.5 Å². The normalized spacial score (nSPS) is 12.1. The van der Waals surface area contributed by atoms with Crippen LogP contribution in [0.5, 0.6) is 11.6 Å². The number of aromatic nitrogens is 4. The Labute approximate surface area is 206 Å². The Balaban J connectivity index is 1.91. The van der Waals surface area contributed by atoms with Crippen molar-refractivity contribution in [2.75, 3.05) is 7.11 Å². The maximum atomic E-state index is 14.0. The molecule has 0 saturated heterocycles. The average molecular weight is 504 g/mol. The van der Waals surface area contributed by atoms with Crippen molar-refractivity contribution in [3.05, 3.63) is 84.1 Å². The highest BCUT2D eigenvalue weighted by atomic mass is 32.2. The first-order chi connectivity index (χ1) is 17.5. The van der Waals surface area contributed by atoms with Crippen LogP contribution in [0, 0.1) is 6.92 Å². The van der Waals surface area contributed by atoms with Crippen molar-refractivity contribution >= 4 is 38.0 Å².